The van der Waals surface area contributed by atoms with E-state index in [4.69, 9.17) is 4.74 Å². The Morgan fingerprint density at radius 2 is 2.04 bits per heavy atom. The standard InChI is InChI=1S/C21H17N3O3S/c1-13-23-19(12-28-13)14-5-4-6-15(9-14)24-20(25)11-27-21(26)17-10-22-18-8-3-2-7-16(17)18/h2-10,12,22H,11H2,1H3,(H,24,25). The summed E-state index contributed by atoms with van der Waals surface area (Å²) in [5, 5.41) is 6.46. The van der Waals surface area contributed by atoms with Crippen LogP contribution in [0, 0.1) is 6.92 Å². The zero-order valence-electron chi connectivity index (χ0n) is 15.1. The van der Waals surface area contributed by atoms with Crippen LogP contribution in [0.2, 0.25) is 0 Å². The van der Waals surface area contributed by atoms with Gasteiger partial charge in [-0.2, -0.15) is 0 Å². The van der Waals surface area contributed by atoms with Gasteiger partial charge in [-0.15, -0.1) is 11.3 Å². The summed E-state index contributed by atoms with van der Waals surface area (Å²) in [5.74, 6) is -0.945. The maximum absolute atomic E-state index is 12.3. The van der Waals surface area contributed by atoms with Crippen molar-refractivity contribution in [3.8, 4) is 11.3 Å². The molecule has 2 aromatic heterocycles. The van der Waals surface area contributed by atoms with Crippen molar-refractivity contribution in [2.24, 2.45) is 0 Å². The molecule has 0 bridgehead atoms. The molecule has 0 aliphatic carbocycles. The fraction of sp³-hybridized carbons (Fsp3) is 0.0952. The maximum atomic E-state index is 12.3. The lowest BCUT2D eigenvalue weighted by Crippen LogP contribution is -2.20. The molecule has 4 aromatic rings. The van der Waals surface area contributed by atoms with Gasteiger partial charge in [-0.05, 0) is 25.1 Å². The Labute approximate surface area is 165 Å². The lowest BCUT2D eigenvalue weighted by Gasteiger charge is -2.07. The molecule has 2 aromatic carbocycles. The number of para-hydroxylation sites is 1. The van der Waals surface area contributed by atoms with Gasteiger partial charge in [-0.1, -0.05) is 30.3 Å². The number of amides is 1. The van der Waals surface area contributed by atoms with E-state index in [0.29, 0.717) is 11.3 Å². The van der Waals surface area contributed by atoms with Gasteiger partial charge in [0.2, 0.25) is 0 Å². The third kappa shape index (κ3) is 3.79. The number of carbonyl (C=O) groups is 2. The Morgan fingerprint density at radius 3 is 2.86 bits per heavy atom. The van der Waals surface area contributed by atoms with Gasteiger partial charge in [0.25, 0.3) is 5.91 Å². The van der Waals surface area contributed by atoms with Crippen molar-refractivity contribution in [3.63, 3.8) is 0 Å². The minimum absolute atomic E-state index is 0.363. The number of hydrogen-bond acceptors (Lipinski definition) is 5. The monoisotopic (exact) mass is 391 g/mol. The molecular formula is C21H17N3O3S. The Hall–Kier alpha value is -3.45. The predicted octanol–water partition coefficient (Wildman–Crippen LogP) is 4.40. The molecule has 0 spiro atoms. The molecule has 4 rings (SSSR count). The number of aromatic amines is 1. The third-order valence-electron chi connectivity index (χ3n) is 4.20. The summed E-state index contributed by atoms with van der Waals surface area (Å²) in [7, 11) is 0. The fourth-order valence-corrected chi connectivity index (χ4v) is 3.52. The van der Waals surface area contributed by atoms with Crippen LogP contribution in [-0.4, -0.2) is 28.5 Å². The molecular weight excluding hydrogens is 374 g/mol. The summed E-state index contributed by atoms with van der Waals surface area (Å²) in [6.45, 7) is 1.58. The Morgan fingerprint density at radius 1 is 1.18 bits per heavy atom. The number of aromatic nitrogens is 2. The number of hydrogen-bond donors (Lipinski definition) is 2. The number of nitrogens with one attached hydrogen (secondary N) is 2. The number of ether oxygens (including phenoxy) is 1. The molecule has 0 saturated heterocycles. The van der Waals surface area contributed by atoms with Crippen molar-refractivity contribution in [1.82, 2.24) is 9.97 Å². The van der Waals surface area contributed by atoms with Crippen molar-refractivity contribution in [3.05, 3.63) is 70.7 Å². The molecule has 7 heteroatoms. The number of nitrogens with zero attached hydrogens (tertiary/aromatic N) is 1. The van der Waals surface area contributed by atoms with Crippen molar-refractivity contribution in [2.75, 3.05) is 11.9 Å². The first-order chi connectivity index (χ1) is 13.6. The van der Waals surface area contributed by atoms with Gasteiger partial charge in [0.15, 0.2) is 6.61 Å². The van der Waals surface area contributed by atoms with Crippen LogP contribution in [0.3, 0.4) is 0 Å². The number of aryl methyl sites for hydroxylation is 1. The quantitative estimate of drug-likeness (QED) is 0.494. The number of benzene rings is 2. The van der Waals surface area contributed by atoms with Gasteiger partial charge < -0.3 is 15.0 Å². The van der Waals surface area contributed by atoms with E-state index in [2.05, 4.69) is 15.3 Å². The van der Waals surface area contributed by atoms with Crippen LogP contribution in [0.1, 0.15) is 15.4 Å². The predicted molar refractivity (Wildman–Crippen MR) is 109 cm³/mol. The third-order valence-corrected chi connectivity index (χ3v) is 4.98. The van der Waals surface area contributed by atoms with Crippen LogP contribution >= 0.6 is 11.3 Å². The smallest absolute Gasteiger partial charge is 0.340 e. The molecule has 28 heavy (non-hydrogen) atoms. The van der Waals surface area contributed by atoms with Gasteiger partial charge in [-0.25, -0.2) is 9.78 Å². The zero-order valence-corrected chi connectivity index (χ0v) is 15.9. The topological polar surface area (TPSA) is 84.1 Å². The van der Waals surface area contributed by atoms with E-state index in [0.717, 1.165) is 27.2 Å². The molecule has 0 fully saturated rings. The Kier molecular flexibility index (Phi) is 4.90. The highest BCUT2D eigenvalue weighted by Gasteiger charge is 2.15. The second-order valence-electron chi connectivity index (χ2n) is 6.20. The summed E-state index contributed by atoms with van der Waals surface area (Å²) in [4.78, 5) is 31.9. The number of H-pyrrole nitrogens is 1. The van der Waals surface area contributed by atoms with E-state index in [1.54, 1.807) is 23.6 Å². The SMILES string of the molecule is Cc1nc(-c2cccc(NC(=O)COC(=O)c3c[nH]c4ccccc34)c2)cs1. The summed E-state index contributed by atoms with van der Waals surface area (Å²) >= 11 is 1.57. The molecule has 1 amide bonds. The Balaban J connectivity index is 1.39. The summed E-state index contributed by atoms with van der Waals surface area (Å²) in [6.07, 6.45) is 1.59. The van der Waals surface area contributed by atoms with E-state index in [1.165, 1.54) is 0 Å². The number of anilines is 1. The zero-order chi connectivity index (χ0) is 19.5. The molecule has 6 nitrogen and oxygen atoms in total. The van der Waals surface area contributed by atoms with Crippen LogP contribution in [0.15, 0.2) is 60.1 Å². The number of fused-ring (bicyclic) bond motifs is 1. The highest BCUT2D eigenvalue weighted by Crippen LogP contribution is 2.24. The Bertz CT molecular complexity index is 1160. The first-order valence-corrected chi connectivity index (χ1v) is 9.54. The first kappa shape index (κ1) is 17.9. The number of esters is 1. The van der Waals surface area contributed by atoms with Crippen molar-refractivity contribution in [1.29, 1.82) is 0 Å². The van der Waals surface area contributed by atoms with Crippen LogP contribution in [0.4, 0.5) is 5.69 Å². The van der Waals surface area contributed by atoms with E-state index in [-0.39, 0.29) is 6.61 Å². The summed E-state index contributed by atoms with van der Waals surface area (Å²) < 4.78 is 5.17. The van der Waals surface area contributed by atoms with Gasteiger partial charge >= 0.3 is 5.97 Å². The molecule has 0 atom stereocenters. The van der Waals surface area contributed by atoms with Gasteiger partial charge in [-0.3, -0.25) is 4.79 Å². The minimum atomic E-state index is -0.542. The van der Waals surface area contributed by atoms with Crippen LogP contribution in [0.25, 0.3) is 22.2 Å². The van der Waals surface area contributed by atoms with Crippen molar-refractivity contribution in [2.45, 2.75) is 6.92 Å². The minimum Gasteiger partial charge on any atom is -0.452 e. The van der Waals surface area contributed by atoms with Crippen LogP contribution < -0.4 is 5.32 Å². The molecule has 0 unspecified atom stereocenters. The van der Waals surface area contributed by atoms with Crippen molar-refractivity contribution >= 4 is 39.8 Å². The number of rotatable bonds is 5. The summed E-state index contributed by atoms with van der Waals surface area (Å²) in [5.41, 5.74) is 3.65. The highest BCUT2D eigenvalue weighted by molar-refractivity contribution is 7.09. The van der Waals surface area contributed by atoms with Gasteiger partial charge in [0.05, 0.1) is 16.3 Å². The molecule has 0 aliphatic heterocycles. The number of carbonyl (C=O) groups excluding carboxylic acids is 2. The molecule has 2 N–H and O–H groups in total. The molecule has 0 radical (unpaired) electrons. The molecule has 0 saturated carbocycles. The average Bonchev–Trinajstić information content (AvgIpc) is 3.33. The summed E-state index contributed by atoms with van der Waals surface area (Å²) in [6, 6.07) is 14.8. The van der Waals surface area contributed by atoms with Gasteiger partial charge in [0.1, 0.15) is 0 Å². The average molecular weight is 391 g/mol. The second-order valence-corrected chi connectivity index (χ2v) is 7.27. The largest absolute Gasteiger partial charge is 0.452 e. The molecule has 2 heterocycles. The van der Waals surface area contributed by atoms with Crippen LogP contribution in [0.5, 0.6) is 0 Å². The highest BCUT2D eigenvalue weighted by atomic mass is 32.1. The van der Waals surface area contributed by atoms with Gasteiger partial charge in [0, 0.05) is 33.7 Å². The lowest BCUT2D eigenvalue weighted by atomic mass is 10.1. The fourth-order valence-electron chi connectivity index (χ4n) is 2.90. The van der Waals surface area contributed by atoms with E-state index in [9.17, 15) is 9.59 Å². The van der Waals surface area contributed by atoms with Crippen LogP contribution in [-0.2, 0) is 9.53 Å². The number of thiazole rings is 1. The maximum Gasteiger partial charge on any atom is 0.340 e. The van der Waals surface area contributed by atoms with Crippen molar-refractivity contribution < 1.29 is 14.3 Å². The second kappa shape index (κ2) is 7.66. The normalized spacial score (nSPS) is 10.8. The molecule has 140 valence electrons. The van der Waals surface area contributed by atoms with E-state index < -0.39 is 11.9 Å². The first-order valence-electron chi connectivity index (χ1n) is 8.66. The van der Waals surface area contributed by atoms with E-state index in [1.807, 2.05) is 54.8 Å². The lowest BCUT2D eigenvalue weighted by molar-refractivity contribution is -0.119. The molecule has 0 aliphatic rings. The van der Waals surface area contributed by atoms with E-state index >= 15 is 0 Å².